The third-order valence-corrected chi connectivity index (χ3v) is 3.52. The Bertz CT molecular complexity index is 532. The van der Waals surface area contributed by atoms with E-state index in [1.807, 2.05) is 23.8 Å². The highest BCUT2D eigenvalue weighted by molar-refractivity contribution is 7.07. The number of nitrogens with one attached hydrogen (secondary N) is 1. The maximum absolute atomic E-state index is 12.2. The molecule has 0 aliphatic heterocycles. The van der Waals surface area contributed by atoms with E-state index in [1.54, 1.807) is 23.3 Å². The lowest BCUT2D eigenvalue weighted by Gasteiger charge is -2.15. The number of amides is 1. The number of carbonyl (C=O) groups excluding carboxylic acids is 1. The Hall–Kier alpha value is -1.82. The van der Waals surface area contributed by atoms with Gasteiger partial charge >= 0.3 is 0 Å². The minimum absolute atomic E-state index is 0.158. The molecule has 0 aromatic carbocycles. The van der Waals surface area contributed by atoms with Crippen molar-refractivity contribution in [3.63, 3.8) is 0 Å². The van der Waals surface area contributed by atoms with Gasteiger partial charge in [0, 0.05) is 13.6 Å². The number of nitrogen functional groups attached to an aromatic ring is 1. The number of aromatic nitrogens is 2. The SMILES string of the molecule is CCc1[nH]nc(C(=O)N(C)Cc2ccsc2)c1N. The molecule has 0 atom stereocenters. The van der Waals surface area contributed by atoms with Gasteiger partial charge in [-0.3, -0.25) is 9.89 Å². The van der Waals surface area contributed by atoms with Gasteiger partial charge in [-0.1, -0.05) is 6.92 Å². The lowest BCUT2D eigenvalue weighted by Crippen LogP contribution is -2.27. The Morgan fingerprint density at radius 2 is 2.39 bits per heavy atom. The highest BCUT2D eigenvalue weighted by Gasteiger charge is 2.20. The van der Waals surface area contributed by atoms with Gasteiger partial charge in [-0.2, -0.15) is 16.4 Å². The van der Waals surface area contributed by atoms with Gasteiger partial charge in [-0.15, -0.1) is 0 Å². The summed E-state index contributed by atoms with van der Waals surface area (Å²) in [5.41, 5.74) is 8.57. The topological polar surface area (TPSA) is 75.0 Å². The summed E-state index contributed by atoms with van der Waals surface area (Å²) in [5, 5.41) is 10.8. The quantitative estimate of drug-likeness (QED) is 0.885. The van der Waals surface area contributed by atoms with E-state index in [4.69, 9.17) is 5.73 Å². The molecule has 0 bridgehead atoms. The second-order valence-electron chi connectivity index (χ2n) is 4.11. The first-order valence-electron chi connectivity index (χ1n) is 5.72. The lowest BCUT2D eigenvalue weighted by atomic mass is 10.2. The molecule has 2 aromatic rings. The second-order valence-corrected chi connectivity index (χ2v) is 4.89. The fourth-order valence-corrected chi connectivity index (χ4v) is 2.39. The monoisotopic (exact) mass is 264 g/mol. The minimum atomic E-state index is -0.158. The Morgan fingerprint density at radius 3 is 2.94 bits per heavy atom. The molecular formula is C12H16N4OS. The molecule has 5 nitrogen and oxygen atoms in total. The van der Waals surface area contributed by atoms with Crippen LogP contribution in [0, 0.1) is 0 Å². The molecular weight excluding hydrogens is 248 g/mol. The molecule has 0 fully saturated rings. The summed E-state index contributed by atoms with van der Waals surface area (Å²) in [5.74, 6) is -0.158. The molecule has 96 valence electrons. The fraction of sp³-hybridized carbons (Fsp3) is 0.333. The van der Waals surface area contributed by atoms with Crippen molar-refractivity contribution in [2.24, 2.45) is 0 Å². The first-order chi connectivity index (χ1) is 8.63. The molecule has 0 aliphatic carbocycles. The van der Waals surface area contributed by atoms with Gasteiger partial charge < -0.3 is 10.6 Å². The molecule has 6 heteroatoms. The lowest BCUT2D eigenvalue weighted by molar-refractivity contribution is 0.0780. The summed E-state index contributed by atoms with van der Waals surface area (Å²) in [6.07, 6.45) is 0.736. The number of H-pyrrole nitrogens is 1. The standard InChI is InChI=1S/C12H16N4OS/c1-3-9-10(13)11(15-14-9)12(17)16(2)6-8-4-5-18-7-8/h4-5,7H,3,6,13H2,1-2H3,(H,14,15). The van der Waals surface area contributed by atoms with Crippen molar-refractivity contribution < 1.29 is 4.79 Å². The van der Waals surface area contributed by atoms with Crippen molar-refractivity contribution in [1.82, 2.24) is 15.1 Å². The highest BCUT2D eigenvalue weighted by Crippen LogP contribution is 2.17. The third-order valence-electron chi connectivity index (χ3n) is 2.79. The molecule has 1 amide bonds. The molecule has 2 heterocycles. The summed E-state index contributed by atoms with van der Waals surface area (Å²) < 4.78 is 0. The van der Waals surface area contributed by atoms with Crippen molar-refractivity contribution in [2.75, 3.05) is 12.8 Å². The van der Waals surface area contributed by atoms with Gasteiger partial charge in [0.1, 0.15) is 0 Å². The third kappa shape index (κ3) is 2.38. The van der Waals surface area contributed by atoms with E-state index < -0.39 is 0 Å². The maximum atomic E-state index is 12.2. The predicted octanol–water partition coefficient (Wildman–Crippen LogP) is 1.89. The molecule has 0 unspecified atom stereocenters. The van der Waals surface area contributed by atoms with Crippen LogP contribution in [0.1, 0.15) is 28.7 Å². The number of anilines is 1. The molecule has 18 heavy (non-hydrogen) atoms. The smallest absolute Gasteiger partial charge is 0.276 e. The zero-order valence-electron chi connectivity index (χ0n) is 10.4. The number of aryl methyl sites for hydroxylation is 1. The van der Waals surface area contributed by atoms with Crippen molar-refractivity contribution in [2.45, 2.75) is 19.9 Å². The van der Waals surface area contributed by atoms with Crippen LogP contribution in [0.4, 0.5) is 5.69 Å². The number of rotatable bonds is 4. The summed E-state index contributed by atoms with van der Waals surface area (Å²) in [6.45, 7) is 2.53. The summed E-state index contributed by atoms with van der Waals surface area (Å²) >= 11 is 1.62. The van der Waals surface area contributed by atoms with Gasteiger partial charge in [0.15, 0.2) is 5.69 Å². The molecule has 3 N–H and O–H groups in total. The number of hydrogen-bond acceptors (Lipinski definition) is 4. The van der Waals surface area contributed by atoms with E-state index in [0.29, 0.717) is 17.9 Å². The number of aromatic amines is 1. The van der Waals surface area contributed by atoms with Crippen LogP contribution in [0.5, 0.6) is 0 Å². The van der Waals surface area contributed by atoms with E-state index in [2.05, 4.69) is 10.2 Å². The van der Waals surface area contributed by atoms with Crippen LogP contribution >= 0.6 is 11.3 Å². The fourth-order valence-electron chi connectivity index (χ4n) is 1.73. The minimum Gasteiger partial charge on any atom is -0.395 e. The normalized spacial score (nSPS) is 10.6. The molecule has 0 aliphatic rings. The van der Waals surface area contributed by atoms with Crippen molar-refractivity contribution in [1.29, 1.82) is 0 Å². The second kappa shape index (κ2) is 5.22. The summed E-state index contributed by atoms with van der Waals surface area (Å²) in [4.78, 5) is 13.8. The van der Waals surface area contributed by atoms with Crippen LogP contribution in [0.2, 0.25) is 0 Å². The van der Waals surface area contributed by atoms with E-state index in [0.717, 1.165) is 17.7 Å². The molecule has 2 aromatic heterocycles. The zero-order chi connectivity index (χ0) is 13.1. The van der Waals surface area contributed by atoms with Gasteiger partial charge in [-0.05, 0) is 28.8 Å². The number of hydrogen-bond donors (Lipinski definition) is 2. The number of nitrogens with zero attached hydrogens (tertiary/aromatic N) is 2. The average molecular weight is 264 g/mol. The number of nitrogens with two attached hydrogens (primary N) is 1. The van der Waals surface area contributed by atoms with Crippen molar-refractivity contribution in [3.05, 3.63) is 33.8 Å². The summed E-state index contributed by atoms with van der Waals surface area (Å²) in [6, 6.07) is 2.00. The number of carbonyl (C=O) groups is 1. The van der Waals surface area contributed by atoms with Crippen LogP contribution in [0.25, 0.3) is 0 Å². The van der Waals surface area contributed by atoms with Crippen LogP contribution < -0.4 is 5.73 Å². The first kappa shape index (κ1) is 12.6. The zero-order valence-corrected chi connectivity index (χ0v) is 11.3. The Labute approximate surface area is 110 Å². The largest absolute Gasteiger partial charge is 0.395 e. The number of thiophene rings is 1. The van der Waals surface area contributed by atoms with Gasteiger partial charge in [0.2, 0.25) is 0 Å². The molecule has 2 rings (SSSR count). The van der Waals surface area contributed by atoms with E-state index in [-0.39, 0.29) is 5.91 Å². The van der Waals surface area contributed by atoms with Crippen molar-refractivity contribution >= 4 is 22.9 Å². The predicted molar refractivity (Wildman–Crippen MR) is 72.5 cm³/mol. The van der Waals surface area contributed by atoms with E-state index in [9.17, 15) is 4.79 Å². The van der Waals surface area contributed by atoms with Gasteiger partial charge in [-0.25, -0.2) is 0 Å². The molecule has 0 saturated carbocycles. The van der Waals surface area contributed by atoms with Crippen LogP contribution in [-0.4, -0.2) is 28.1 Å². The Kier molecular flexibility index (Phi) is 3.66. The van der Waals surface area contributed by atoms with E-state index in [1.165, 1.54) is 0 Å². The Morgan fingerprint density at radius 1 is 1.61 bits per heavy atom. The van der Waals surface area contributed by atoms with Crippen molar-refractivity contribution in [3.8, 4) is 0 Å². The van der Waals surface area contributed by atoms with E-state index >= 15 is 0 Å². The summed E-state index contributed by atoms with van der Waals surface area (Å²) in [7, 11) is 1.75. The average Bonchev–Trinajstić information content (AvgIpc) is 2.97. The van der Waals surface area contributed by atoms with Crippen LogP contribution in [0.3, 0.4) is 0 Å². The molecule has 0 radical (unpaired) electrons. The molecule has 0 saturated heterocycles. The van der Waals surface area contributed by atoms with Gasteiger partial charge in [0.05, 0.1) is 11.4 Å². The Balaban J connectivity index is 2.13. The highest BCUT2D eigenvalue weighted by atomic mass is 32.1. The van der Waals surface area contributed by atoms with Crippen LogP contribution in [-0.2, 0) is 13.0 Å². The molecule has 0 spiro atoms. The van der Waals surface area contributed by atoms with Crippen LogP contribution in [0.15, 0.2) is 16.8 Å². The van der Waals surface area contributed by atoms with Gasteiger partial charge in [0.25, 0.3) is 5.91 Å². The first-order valence-corrected chi connectivity index (χ1v) is 6.67. The maximum Gasteiger partial charge on any atom is 0.276 e.